The van der Waals surface area contributed by atoms with Gasteiger partial charge in [-0.2, -0.15) is 0 Å². The molecule has 0 saturated heterocycles. The standard InChI is InChI=1S/C33H31FN2O4S/c1-6-39-32(38)28-22(5)35-33-36(29(28)25-11-7-19(2)8-12-25)31(37)27(41-33)17-24-15-20(3)30(21(4)16-24)40-18-23-9-13-26(34)14-10-23/h7-17,29H,6,18H2,1-5H3/b27-17-/t29-/m0/s1. The summed E-state index contributed by atoms with van der Waals surface area (Å²) < 4.78 is 26.8. The van der Waals surface area contributed by atoms with Crippen LogP contribution in [0.4, 0.5) is 4.39 Å². The number of aryl methyl sites for hydroxylation is 3. The van der Waals surface area contributed by atoms with Gasteiger partial charge in [-0.05, 0) is 92.8 Å². The number of benzene rings is 3. The van der Waals surface area contributed by atoms with Crippen molar-refractivity contribution in [2.45, 2.75) is 47.3 Å². The first-order valence-electron chi connectivity index (χ1n) is 13.4. The molecule has 0 bridgehead atoms. The second-order valence-corrected chi connectivity index (χ2v) is 11.1. The highest BCUT2D eigenvalue weighted by atomic mass is 32.1. The smallest absolute Gasteiger partial charge is 0.338 e. The number of hydrogen-bond donors (Lipinski definition) is 0. The number of rotatable bonds is 7. The molecule has 0 N–H and O–H groups in total. The fourth-order valence-corrected chi connectivity index (χ4v) is 6.08. The minimum Gasteiger partial charge on any atom is -0.488 e. The van der Waals surface area contributed by atoms with Gasteiger partial charge in [-0.1, -0.05) is 53.3 Å². The molecule has 8 heteroatoms. The van der Waals surface area contributed by atoms with Crippen LogP contribution >= 0.6 is 11.3 Å². The fourth-order valence-electron chi connectivity index (χ4n) is 5.04. The van der Waals surface area contributed by atoms with E-state index in [-0.39, 0.29) is 18.0 Å². The van der Waals surface area contributed by atoms with Crippen LogP contribution in [0.15, 0.2) is 81.7 Å². The fraction of sp³-hybridized carbons (Fsp3) is 0.242. The topological polar surface area (TPSA) is 69.9 Å². The molecule has 1 aliphatic heterocycles. The lowest BCUT2D eigenvalue weighted by Crippen LogP contribution is -2.39. The second kappa shape index (κ2) is 11.7. The molecule has 41 heavy (non-hydrogen) atoms. The highest BCUT2D eigenvalue weighted by molar-refractivity contribution is 7.07. The molecule has 2 heterocycles. The van der Waals surface area contributed by atoms with E-state index in [1.54, 1.807) is 30.5 Å². The Morgan fingerprint density at radius 2 is 1.68 bits per heavy atom. The zero-order valence-corrected chi connectivity index (χ0v) is 24.5. The van der Waals surface area contributed by atoms with E-state index >= 15 is 0 Å². The summed E-state index contributed by atoms with van der Waals surface area (Å²) in [6.07, 6.45) is 1.85. The number of carbonyl (C=O) groups excluding carboxylic acids is 1. The highest BCUT2D eigenvalue weighted by Crippen LogP contribution is 2.31. The summed E-state index contributed by atoms with van der Waals surface area (Å²) in [5.41, 5.74) is 6.14. The van der Waals surface area contributed by atoms with E-state index in [9.17, 15) is 14.0 Å². The van der Waals surface area contributed by atoms with Gasteiger partial charge in [0.2, 0.25) is 0 Å². The third-order valence-corrected chi connectivity index (χ3v) is 7.97. The van der Waals surface area contributed by atoms with Gasteiger partial charge in [0.1, 0.15) is 18.2 Å². The maximum atomic E-state index is 13.9. The lowest BCUT2D eigenvalue weighted by Gasteiger charge is -2.24. The minimum atomic E-state index is -0.640. The number of nitrogens with zero attached hydrogens (tertiary/aromatic N) is 2. The number of allylic oxidation sites excluding steroid dienone is 1. The molecular weight excluding hydrogens is 539 g/mol. The Balaban J connectivity index is 1.54. The van der Waals surface area contributed by atoms with Gasteiger partial charge in [0, 0.05) is 0 Å². The van der Waals surface area contributed by atoms with Gasteiger partial charge in [-0.15, -0.1) is 0 Å². The van der Waals surface area contributed by atoms with Gasteiger partial charge in [-0.3, -0.25) is 9.36 Å². The van der Waals surface area contributed by atoms with Gasteiger partial charge in [0.05, 0.1) is 28.5 Å². The van der Waals surface area contributed by atoms with E-state index in [0.717, 1.165) is 39.1 Å². The number of fused-ring (bicyclic) bond motifs is 1. The van der Waals surface area contributed by atoms with Crippen molar-refractivity contribution in [1.29, 1.82) is 0 Å². The lowest BCUT2D eigenvalue weighted by molar-refractivity contribution is -0.139. The van der Waals surface area contributed by atoms with Crippen molar-refractivity contribution < 1.29 is 18.7 Å². The lowest BCUT2D eigenvalue weighted by atomic mass is 9.95. The molecule has 0 unspecified atom stereocenters. The number of carbonyl (C=O) groups is 1. The summed E-state index contributed by atoms with van der Waals surface area (Å²) >= 11 is 1.29. The molecule has 5 rings (SSSR count). The van der Waals surface area contributed by atoms with Crippen LogP contribution in [0.25, 0.3) is 6.08 Å². The number of halogens is 1. The Morgan fingerprint density at radius 1 is 1.02 bits per heavy atom. The predicted octanol–water partition coefficient (Wildman–Crippen LogP) is 5.44. The maximum Gasteiger partial charge on any atom is 0.338 e. The van der Waals surface area contributed by atoms with Crippen LogP contribution < -0.4 is 19.6 Å². The quantitative estimate of drug-likeness (QED) is 0.278. The monoisotopic (exact) mass is 570 g/mol. The van der Waals surface area contributed by atoms with Gasteiger partial charge in [0.25, 0.3) is 5.56 Å². The first-order valence-corrected chi connectivity index (χ1v) is 14.2. The maximum absolute atomic E-state index is 13.9. The van der Waals surface area contributed by atoms with Crippen LogP contribution in [0.1, 0.15) is 53.3 Å². The minimum absolute atomic E-state index is 0.222. The summed E-state index contributed by atoms with van der Waals surface area (Å²) in [6.45, 7) is 9.99. The van der Waals surface area contributed by atoms with Crippen LogP contribution in [-0.2, 0) is 16.1 Å². The molecule has 6 nitrogen and oxygen atoms in total. The second-order valence-electron chi connectivity index (χ2n) is 10.1. The van der Waals surface area contributed by atoms with Gasteiger partial charge < -0.3 is 9.47 Å². The Morgan fingerprint density at radius 3 is 2.32 bits per heavy atom. The van der Waals surface area contributed by atoms with Crippen LogP contribution in [0.5, 0.6) is 5.75 Å². The molecule has 0 amide bonds. The van der Waals surface area contributed by atoms with Crippen LogP contribution in [0.3, 0.4) is 0 Å². The van der Waals surface area contributed by atoms with Crippen molar-refractivity contribution >= 4 is 23.4 Å². The van der Waals surface area contributed by atoms with Crippen LogP contribution in [0, 0.1) is 26.6 Å². The molecule has 0 spiro atoms. The number of esters is 1. The van der Waals surface area contributed by atoms with Gasteiger partial charge >= 0.3 is 5.97 Å². The predicted molar refractivity (Wildman–Crippen MR) is 158 cm³/mol. The molecule has 4 aromatic rings. The number of aromatic nitrogens is 1. The first-order chi connectivity index (χ1) is 19.7. The van der Waals surface area contributed by atoms with Crippen LogP contribution in [0.2, 0.25) is 0 Å². The van der Waals surface area contributed by atoms with E-state index in [1.807, 2.05) is 63.2 Å². The van der Waals surface area contributed by atoms with Gasteiger partial charge in [-0.25, -0.2) is 14.2 Å². The van der Waals surface area contributed by atoms with E-state index in [4.69, 9.17) is 9.47 Å². The largest absolute Gasteiger partial charge is 0.488 e. The zero-order valence-electron chi connectivity index (χ0n) is 23.7. The van der Waals surface area contributed by atoms with Crippen LogP contribution in [-0.4, -0.2) is 17.1 Å². The molecule has 1 aromatic heterocycles. The number of thiazole rings is 1. The molecule has 1 aliphatic rings. The van der Waals surface area contributed by atoms with E-state index in [0.29, 0.717) is 27.2 Å². The Bertz CT molecular complexity index is 1810. The van der Waals surface area contributed by atoms with Crippen molar-refractivity contribution in [2.75, 3.05) is 6.61 Å². The van der Waals surface area contributed by atoms with Crippen molar-refractivity contribution in [2.24, 2.45) is 4.99 Å². The molecule has 0 radical (unpaired) electrons. The first kappa shape index (κ1) is 28.2. The normalized spacial score (nSPS) is 15.0. The number of ether oxygens (including phenoxy) is 2. The average molecular weight is 571 g/mol. The molecule has 3 aromatic carbocycles. The third kappa shape index (κ3) is 5.79. The Kier molecular flexibility index (Phi) is 8.03. The highest BCUT2D eigenvalue weighted by Gasteiger charge is 2.33. The summed E-state index contributed by atoms with van der Waals surface area (Å²) in [6, 6.07) is 17.3. The van der Waals surface area contributed by atoms with Crippen molar-refractivity contribution in [3.8, 4) is 5.75 Å². The molecule has 0 saturated carbocycles. The van der Waals surface area contributed by atoms with Crippen molar-refractivity contribution in [1.82, 2.24) is 4.57 Å². The molecule has 1 atom stereocenters. The summed E-state index contributed by atoms with van der Waals surface area (Å²) in [4.78, 5) is 32.1. The van der Waals surface area contributed by atoms with E-state index in [1.165, 1.54) is 23.5 Å². The third-order valence-electron chi connectivity index (χ3n) is 6.99. The molecular formula is C33H31FN2O4S. The molecule has 0 aliphatic carbocycles. The summed E-state index contributed by atoms with van der Waals surface area (Å²) in [5.74, 6) is -0.00806. The number of hydrogen-bond acceptors (Lipinski definition) is 6. The van der Waals surface area contributed by atoms with Gasteiger partial charge in [0.15, 0.2) is 4.80 Å². The summed E-state index contributed by atoms with van der Waals surface area (Å²) in [5, 5.41) is 0. The molecule has 210 valence electrons. The summed E-state index contributed by atoms with van der Waals surface area (Å²) in [7, 11) is 0. The SMILES string of the molecule is CCOC(=O)C1=C(C)N=c2s/c(=C\c3cc(C)c(OCc4ccc(F)cc4)c(C)c3)c(=O)n2[C@H]1c1ccc(C)cc1. The van der Waals surface area contributed by atoms with E-state index < -0.39 is 12.0 Å². The van der Waals surface area contributed by atoms with Crippen molar-refractivity contribution in [3.63, 3.8) is 0 Å². The van der Waals surface area contributed by atoms with Crippen molar-refractivity contribution in [3.05, 3.63) is 131 Å². The zero-order chi connectivity index (χ0) is 29.3. The van der Waals surface area contributed by atoms with E-state index in [2.05, 4.69) is 4.99 Å². The average Bonchev–Trinajstić information content (AvgIpc) is 3.23. The molecule has 0 fully saturated rings. The Hall–Kier alpha value is -4.30. The Labute approximate surface area is 241 Å².